The van der Waals surface area contributed by atoms with Crippen molar-refractivity contribution in [3.8, 4) is 0 Å². The Hall–Kier alpha value is 0.0800. The van der Waals surface area contributed by atoms with Gasteiger partial charge in [-0.1, -0.05) is 22.6 Å². The van der Waals surface area contributed by atoms with Crippen molar-refractivity contribution in [3.05, 3.63) is 0 Å². The summed E-state index contributed by atoms with van der Waals surface area (Å²) >= 11 is 2.27. The number of methoxy groups -OCH3 is 1. The molecule has 0 bridgehead atoms. The van der Waals surface area contributed by atoms with Crippen LogP contribution in [0.3, 0.4) is 0 Å². The molecule has 0 spiro atoms. The number of carbonyl (C=O) groups is 1. The van der Waals surface area contributed by atoms with Crippen molar-refractivity contribution in [2.45, 2.75) is 44.1 Å². The molecule has 0 unspecified atom stereocenters. The van der Waals surface area contributed by atoms with Crippen molar-refractivity contribution in [2.75, 3.05) is 11.5 Å². The Morgan fingerprint density at radius 3 is 2.47 bits per heavy atom. The van der Waals surface area contributed by atoms with E-state index in [-0.39, 0.29) is 30.3 Å². The van der Waals surface area contributed by atoms with Crippen molar-refractivity contribution < 1.29 is 23.7 Å². The van der Waals surface area contributed by atoms with Crippen LogP contribution in [0.15, 0.2) is 0 Å². The zero-order chi connectivity index (χ0) is 12.6. The zero-order valence-corrected chi connectivity index (χ0v) is 12.2. The number of rotatable bonds is 4. The smallest absolute Gasteiger partial charge is 0.293 e. The van der Waals surface area contributed by atoms with E-state index in [1.165, 1.54) is 0 Å². The lowest BCUT2D eigenvalue weighted by molar-refractivity contribution is -0.187. The molecule has 2 fully saturated rings. The van der Waals surface area contributed by atoms with E-state index in [1.807, 2.05) is 13.8 Å². The molecular formula is C11H17IO5. The zero-order valence-electron chi connectivity index (χ0n) is 10.1. The molecule has 98 valence electrons. The molecule has 5 nitrogen and oxygen atoms in total. The lowest BCUT2D eigenvalue weighted by atomic mass is 10.1. The molecule has 2 aliphatic rings. The molecular weight excluding hydrogens is 339 g/mol. The molecule has 0 N–H and O–H groups in total. The highest BCUT2D eigenvalue weighted by Gasteiger charge is 2.59. The van der Waals surface area contributed by atoms with Crippen LogP contribution in [0.4, 0.5) is 0 Å². The predicted octanol–water partition coefficient (Wildman–Crippen LogP) is 1.13. The molecule has 0 aromatic carbocycles. The highest BCUT2D eigenvalue weighted by atomic mass is 127. The molecule has 6 heteroatoms. The van der Waals surface area contributed by atoms with E-state index in [0.29, 0.717) is 6.47 Å². The highest BCUT2D eigenvalue weighted by Crippen LogP contribution is 2.44. The van der Waals surface area contributed by atoms with Gasteiger partial charge in [0.25, 0.3) is 6.47 Å². The van der Waals surface area contributed by atoms with Crippen LogP contribution in [0, 0.1) is 5.92 Å². The largest absolute Gasteiger partial charge is 0.461 e. The van der Waals surface area contributed by atoms with Gasteiger partial charge in [0.1, 0.15) is 18.3 Å². The predicted molar refractivity (Wildman–Crippen MR) is 67.9 cm³/mol. The topological polar surface area (TPSA) is 54.0 Å². The molecule has 1 saturated heterocycles. The Balaban J connectivity index is 2.22. The first-order chi connectivity index (χ1) is 8.04. The summed E-state index contributed by atoms with van der Waals surface area (Å²) in [5.41, 5.74) is 0. The van der Waals surface area contributed by atoms with Gasteiger partial charge in [0.15, 0.2) is 5.79 Å². The third-order valence-electron chi connectivity index (χ3n) is 3.32. The summed E-state index contributed by atoms with van der Waals surface area (Å²) in [6.07, 6.45) is -0.788. The van der Waals surface area contributed by atoms with Crippen LogP contribution in [0.1, 0.15) is 13.8 Å². The Morgan fingerprint density at radius 2 is 1.94 bits per heavy atom. The van der Waals surface area contributed by atoms with E-state index in [9.17, 15) is 4.79 Å². The quantitative estimate of drug-likeness (QED) is 0.430. The fourth-order valence-corrected chi connectivity index (χ4v) is 3.71. The van der Waals surface area contributed by atoms with Crippen LogP contribution in [-0.2, 0) is 23.7 Å². The van der Waals surface area contributed by atoms with Gasteiger partial charge in [-0.2, -0.15) is 0 Å². The minimum absolute atomic E-state index is 0.0724. The average Bonchev–Trinajstić information content (AvgIpc) is 2.68. The molecule has 0 aromatic rings. The van der Waals surface area contributed by atoms with Crippen molar-refractivity contribution in [1.82, 2.24) is 0 Å². The standard InChI is InChI=1S/C11H17IO5/c1-11(2)16-8-6(4-12)7(15-5-13)9(14-3)10(8)17-11/h5-10H,4H2,1-3H3/t6-,7+,8+,9+,10+/m1/s1. The first kappa shape index (κ1) is 13.5. The van der Waals surface area contributed by atoms with Crippen LogP contribution < -0.4 is 0 Å². The summed E-state index contributed by atoms with van der Waals surface area (Å²) in [4.78, 5) is 10.6. The van der Waals surface area contributed by atoms with E-state index >= 15 is 0 Å². The SMILES string of the molecule is CO[C@@H]1[C@H]2OC(C)(C)O[C@H]2[C@H](CI)[C@@H]1OC=O. The number of halogens is 1. The maximum atomic E-state index is 10.6. The minimum Gasteiger partial charge on any atom is -0.461 e. The Morgan fingerprint density at radius 1 is 1.29 bits per heavy atom. The van der Waals surface area contributed by atoms with Crippen molar-refractivity contribution in [1.29, 1.82) is 0 Å². The molecule has 1 aliphatic carbocycles. The molecule has 0 amide bonds. The maximum absolute atomic E-state index is 10.6. The number of hydrogen-bond acceptors (Lipinski definition) is 5. The lowest BCUT2D eigenvalue weighted by Gasteiger charge is -2.27. The maximum Gasteiger partial charge on any atom is 0.293 e. The Kier molecular flexibility index (Phi) is 3.96. The van der Waals surface area contributed by atoms with Crippen LogP contribution in [-0.4, -0.2) is 48.2 Å². The number of alkyl halides is 1. The van der Waals surface area contributed by atoms with Crippen molar-refractivity contribution >= 4 is 29.1 Å². The van der Waals surface area contributed by atoms with E-state index < -0.39 is 5.79 Å². The van der Waals surface area contributed by atoms with Gasteiger partial charge in [-0.15, -0.1) is 0 Å². The van der Waals surface area contributed by atoms with Crippen LogP contribution >= 0.6 is 22.6 Å². The lowest BCUT2D eigenvalue weighted by Crippen LogP contribution is -2.39. The van der Waals surface area contributed by atoms with Gasteiger partial charge in [-0.25, -0.2) is 0 Å². The summed E-state index contributed by atoms with van der Waals surface area (Å²) in [5.74, 6) is -0.486. The van der Waals surface area contributed by atoms with Crippen molar-refractivity contribution in [3.63, 3.8) is 0 Å². The average molecular weight is 356 g/mol. The number of hydrogen-bond donors (Lipinski definition) is 0. The molecule has 0 aromatic heterocycles. The fourth-order valence-electron chi connectivity index (χ4n) is 2.71. The Bertz CT molecular complexity index is 274. The van der Waals surface area contributed by atoms with Gasteiger partial charge in [-0.3, -0.25) is 4.79 Å². The van der Waals surface area contributed by atoms with Gasteiger partial charge in [0.05, 0.1) is 6.10 Å². The van der Waals surface area contributed by atoms with E-state index in [1.54, 1.807) is 7.11 Å². The molecule has 0 radical (unpaired) electrons. The monoisotopic (exact) mass is 356 g/mol. The van der Waals surface area contributed by atoms with Crippen molar-refractivity contribution in [2.24, 2.45) is 5.92 Å². The molecule has 5 atom stereocenters. The van der Waals surface area contributed by atoms with Gasteiger partial charge in [0, 0.05) is 17.5 Å². The van der Waals surface area contributed by atoms with Gasteiger partial charge in [0.2, 0.25) is 0 Å². The summed E-state index contributed by atoms with van der Waals surface area (Å²) in [6.45, 7) is 4.25. The van der Waals surface area contributed by atoms with Crippen LogP contribution in [0.25, 0.3) is 0 Å². The molecule has 1 aliphatic heterocycles. The number of ether oxygens (including phenoxy) is 4. The fraction of sp³-hybridized carbons (Fsp3) is 0.909. The molecule has 17 heavy (non-hydrogen) atoms. The van der Waals surface area contributed by atoms with E-state index in [2.05, 4.69) is 22.6 Å². The van der Waals surface area contributed by atoms with Gasteiger partial charge < -0.3 is 18.9 Å². The number of fused-ring (bicyclic) bond motifs is 1. The van der Waals surface area contributed by atoms with E-state index in [4.69, 9.17) is 18.9 Å². The summed E-state index contributed by atoms with van der Waals surface area (Å²) in [7, 11) is 1.60. The van der Waals surface area contributed by atoms with E-state index in [0.717, 1.165) is 4.43 Å². The normalized spacial score (nSPS) is 43.4. The molecule has 2 rings (SSSR count). The summed E-state index contributed by atoms with van der Waals surface area (Å²) in [5, 5.41) is 0. The second-order valence-electron chi connectivity index (χ2n) is 4.78. The number of carbonyl (C=O) groups excluding carboxylic acids is 1. The van der Waals surface area contributed by atoms with Gasteiger partial charge >= 0.3 is 0 Å². The minimum atomic E-state index is -0.595. The second kappa shape index (κ2) is 4.99. The Labute approximate surface area is 114 Å². The summed E-state index contributed by atoms with van der Waals surface area (Å²) < 4.78 is 23.1. The second-order valence-corrected chi connectivity index (χ2v) is 5.66. The van der Waals surface area contributed by atoms with Gasteiger partial charge in [-0.05, 0) is 13.8 Å². The first-order valence-corrected chi connectivity index (χ1v) is 7.10. The molecule has 1 saturated carbocycles. The third-order valence-corrected chi connectivity index (χ3v) is 4.34. The van der Waals surface area contributed by atoms with Crippen LogP contribution in [0.2, 0.25) is 0 Å². The highest BCUT2D eigenvalue weighted by molar-refractivity contribution is 14.1. The third kappa shape index (κ3) is 2.32. The summed E-state index contributed by atoms with van der Waals surface area (Å²) in [6, 6.07) is 0. The van der Waals surface area contributed by atoms with Crippen LogP contribution in [0.5, 0.6) is 0 Å². The molecule has 1 heterocycles. The first-order valence-electron chi connectivity index (χ1n) is 5.57.